The predicted molar refractivity (Wildman–Crippen MR) is 87.7 cm³/mol. The average molecular weight is 329 g/mol. The third kappa shape index (κ3) is 4.60. The Morgan fingerprint density at radius 3 is 2.71 bits per heavy atom. The Morgan fingerprint density at radius 2 is 2.14 bits per heavy atom. The molecule has 1 aromatic carbocycles. The highest BCUT2D eigenvalue weighted by molar-refractivity contribution is 6.42. The quantitative estimate of drug-likeness (QED) is 0.893. The van der Waals surface area contributed by atoms with Crippen LogP contribution >= 0.6 is 23.2 Å². The third-order valence-corrected chi connectivity index (χ3v) is 4.65. The molecule has 1 saturated heterocycles. The summed E-state index contributed by atoms with van der Waals surface area (Å²) in [6.45, 7) is 6.63. The molecule has 1 atom stereocenters. The first-order chi connectivity index (χ1) is 9.97. The summed E-state index contributed by atoms with van der Waals surface area (Å²) in [7, 11) is 0. The molecule has 21 heavy (non-hydrogen) atoms. The molecule has 0 aromatic heterocycles. The van der Waals surface area contributed by atoms with Crippen LogP contribution in [0.4, 0.5) is 0 Å². The lowest BCUT2D eigenvalue weighted by atomic mass is 10.0. The lowest BCUT2D eigenvalue weighted by Gasteiger charge is -2.28. The molecule has 5 heteroatoms. The number of halogens is 2. The van der Waals surface area contributed by atoms with Crippen molar-refractivity contribution in [3.63, 3.8) is 0 Å². The van der Waals surface area contributed by atoms with Crippen molar-refractivity contribution in [2.75, 3.05) is 13.1 Å². The smallest absolute Gasteiger partial charge is 0.223 e. The van der Waals surface area contributed by atoms with E-state index in [2.05, 4.69) is 5.32 Å². The van der Waals surface area contributed by atoms with Crippen LogP contribution < -0.4 is 5.32 Å². The number of rotatable bonds is 5. The second-order valence-electron chi connectivity index (χ2n) is 5.93. The van der Waals surface area contributed by atoms with Crippen molar-refractivity contribution in [3.05, 3.63) is 33.8 Å². The van der Waals surface area contributed by atoms with Crippen LogP contribution in [0.5, 0.6) is 0 Å². The highest BCUT2D eigenvalue weighted by Crippen LogP contribution is 2.24. The van der Waals surface area contributed by atoms with Crippen LogP contribution in [-0.2, 0) is 11.3 Å². The van der Waals surface area contributed by atoms with Crippen molar-refractivity contribution in [2.45, 2.75) is 39.3 Å². The number of hydrogen-bond donors (Lipinski definition) is 1. The predicted octanol–water partition coefficient (Wildman–Crippen LogP) is 3.73. The first kappa shape index (κ1) is 16.6. The maximum atomic E-state index is 12.5. The first-order valence-corrected chi connectivity index (χ1v) is 8.17. The molecule has 1 amide bonds. The van der Waals surface area contributed by atoms with Gasteiger partial charge in [0, 0.05) is 19.0 Å². The van der Waals surface area contributed by atoms with Crippen molar-refractivity contribution in [3.8, 4) is 0 Å². The molecule has 0 spiro atoms. The zero-order chi connectivity index (χ0) is 15.4. The minimum atomic E-state index is 0.168. The Kier molecular flexibility index (Phi) is 5.91. The summed E-state index contributed by atoms with van der Waals surface area (Å²) < 4.78 is 0. The third-order valence-electron chi connectivity index (χ3n) is 3.91. The maximum Gasteiger partial charge on any atom is 0.223 e. The van der Waals surface area contributed by atoms with Gasteiger partial charge in [-0.15, -0.1) is 0 Å². The number of amides is 1. The summed E-state index contributed by atoms with van der Waals surface area (Å²) in [6.07, 6.45) is 1.71. The largest absolute Gasteiger partial charge is 0.336 e. The molecule has 3 nitrogen and oxygen atoms in total. The van der Waals surface area contributed by atoms with E-state index >= 15 is 0 Å². The van der Waals surface area contributed by atoms with Crippen molar-refractivity contribution < 1.29 is 4.79 Å². The molecule has 1 heterocycles. The molecule has 1 unspecified atom stereocenters. The highest BCUT2D eigenvalue weighted by atomic mass is 35.5. The van der Waals surface area contributed by atoms with Gasteiger partial charge in [-0.3, -0.25) is 4.79 Å². The number of nitrogens with one attached hydrogen (secondary N) is 1. The molecule has 1 aliphatic rings. The lowest BCUT2D eigenvalue weighted by Crippen LogP contribution is -2.37. The molecule has 116 valence electrons. The summed E-state index contributed by atoms with van der Waals surface area (Å²) in [5.41, 5.74) is 1.01. The molecule has 0 saturated carbocycles. The fraction of sp³-hybridized carbons (Fsp3) is 0.562. The molecular weight excluding hydrogens is 307 g/mol. The van der Waals surface area contributed by atoms with Gasteiger partial charge in [-0.25, -0.2) is 0 Å². The molecule has 1 aliphatic heterocycles. The van der Waals surface area contributed by atoms with Crippen LogP contribution in [0.25, 0.3) is 0 Å². The molecule has 1 N–H and O–H groups in total. The van der Waals surface area contributed by atoms with E-state index in [0.717, 1.165) is 25.1 Å². The van der Waals surface area contributed by atoms with Crippen LogP contribution in [0.1, 0.15) is 32.3 Å². The van der Waals surface area contributed by atoms with Gasteiger partial charge >= 0.3 is 0 Å². The minimum Gasteiger partial charge on any atom is -0.336 e. The van der Waals surface area contributed by atoms with Gasteiger partial charge in [0.1, 0.15) is 0 Å². The number of hydrogen-bond acceptors (Lipinski definition) is 2. The van der Waals surface area contributed by atoms with Gasteiger partial charge < -0.3 is 10.2 Å². The molecule has 0 radical (unpaired) electrons. The fourth-order valence-electron chi connectivity index (χ4n) is 2.65. The van der Waals surface area contributed by atoms with Gasteiger partial charge in [0.25, 0.3) is 0 Å². The number of benzene rings is 1. The van der Waals surface area contributed by atoms with Gasteiger partial charge in [0.05, 0.1) is 10.0 Å². The summed E-state index contributed by atoms with van der Waals surface area (Å²) in [5, 5.41) is 4.38. The zero-order valence-corrected chi connectivity index (χ0v) is 14.0. The first-order valence-electron chi connectivity index (χ1n) is 7.41. The van der Waals surface area contributed by atoms with Crippen LogP contribution in [0.15, 0.2) is 18.2 Å². The normalized spacial score (nSPS) is 18.2. The van der Waals surface area contributed by atoms with E-state index in [4.69, 9.17) is 23.2 Å². The van der Waals surface area contributed by atoms with E-state index in [1.54, 1.807) is 6.07 Å². The van der Waals surface area contributed by atoms with E-state index in [9.17, 15) is 4.79 Å². The van der Waals surface area contributed by atoms with Crippen molar-refractivity contribution >= 4 is 29.1 Å². The van der Waals surface area contributed by atoms with Gasteiger partial charge in [-0.1, -0.05) is 29.3 Å². The van der Waals surface area contributed by atoms with Crippen LogP contribution in [-0.4, -0.2) is 29.9 Å². The fourth-order valence-corrected chi connectivity index (χ4v) is 2.97. The van der Waals surface area contributed by atoms with E-state index < -0.39 is 0 Å². The molecule has 1 aromatic rings. The number of nitrogens with zero attached hydrogens (tertiary/aromatic N) is 1. The Balaban J connectivity index is 2.03. The Bertz CT molecular complexity index is 499. The monoisotopic (exact) mass is 328 g/mol. The second kappa shape index (κ2) is 7.48. The Labute approximate surface area is 136 Å². The lowest BCUT2D eigenvalue weighted by molar-refractivity contribution is -0.134. The molecular formula is C16H22Cl2N2O. The number of carbonyl (C=O) groups is 1. The maximum absolute atomic E-state index is 12.5. The summed E-state index contributed by atoms with van der Waals surface area (Å²) in [5.74, 6) is 0.678. The van der Waals surface area contributed by atoms with E-state index in [1.807, 2.05) is 30.9 Å². The SMILES string of the molecule is CC(C)N(Cc1ccc(Cl)c(Cl)c1)C(=O)CC1CCNC1. The van der Waals surface area contributed by atoms with Gasteiger partial charge in [-0.05, 0) is 57.0 Å². The Hall–Kier alpha value is -0.770. The van der Waals surface area contributed by atoms with E-state index in [1.165, 1.54) is 0 Å². The van der Waals surface area contributed by atoms with Crippen molar-refractivity contribution in [1.82, 2.24) is 10.2 Å². The molecule has 1 fully saturated rings. The highest BCUT2D eigenvalue weighted by Gasteiger charge is 2.23. The molecule has 0 bridgehead atoms. The Morgan fingerprint density at radius 1 is 1.38 bits per heavy atom. The van der Waals surface area contributed by atoms with Crippen molar-refractivity contribution in [1.29, 1.82) is 0 Å². The molecule has 2 rings (SSSR count). The van der Waals surface area contributed by atoms with E-state index in [0.29, 0.717) is 28.9 Å². The minimum absolute atomic E-state index is 0.168. The summed E-state index contributed by atoms with van der Waals surface area (Å²) in [4.78, 5) is 14.5. The van der Waals surface area contributed by atoms with Crippen LogP contribution in [0.3, 0.4) is 0 Å². The zero-order valence-electron chi connectivity index (χ0n) is 12.5. The van der Waals surface area contributed by atoms with Gasteiger partial charge in [0.15, 0.2) is 0 Å². The molecule has 0 aliphatic carbocycles. The average Bonchev–Trinajstić information content (AvgIpc) is 2.92. The van der Waals surface area contributed by atoms with Crippen molar-refractivity contribution in [2.24, 2.45) is 5.92 Å². The summed E-state index contributed by atoms with van der Waals surface area (Å²) in [6, 6.07) is 5.71. The topological polar surface area (TPSA) is 32.3 Å². The second-order valence-corrected chi connectivity index (χ2v) is 6.74. The van der Waals surface area contributed by atoms with Gasteiger partial charge in [-0.2, -0.15) is 0 Å². The number of carbonyl (C=O) groups excluding carboxylic acids is 1. The van der Waals surface area contributed by atoms with Crippen LogP contribution in [0.2, 0.25) is 10.0 Å². The van der Waals surface area contributed by atoms with E-state index in [-0.39, 0.29) is 11.9 Å². The summed E-state index contributed by atoms with van der Waals surface area (Å²) >= 11 is 12.0. The standard InChI is InChI=1S/C16H22Cl2N2O/c1-11(2)20(16(21)8-12-5-6-19-9-12)10-13-3-4-14(17)15(18)7-13/h3-4,7,11-12,19H,5-6,8-10H2,1-2H3. The van der Waals surface area contributed by atoms with Gasteiger partial charge in [0.2, 0.25) is 5.91 Å². The van der Waals surface area contributed by atoms with Crippen LogP contribution in [0, 0.1) is 5.92 Å².